The molecule has 0 radical (unpaired) electrons. The molecule has 0 bridgehead atoms. The lowest BCUT2D eigenvalue weighted by atomic mass is 10.3. The van der Waals surface area contributed by atoms with E-state index in [1.807, 2.05) is 13.8 Å². The molecule has 2 N–H and O–H groups in total. The molecule has 0 saturated heterocycles. The van der Waals surface area contributed by atoms with Crippen LogP contribution in [0.3, 0.4) is 0 Å². The van der Waals surface area contributed by atoms with Gasteiger partial charge in [-0.05, 0) is 19.4 Å². The highest BCUT2D eigenvalue weighted by atomic mass is 16.1. The molecule has 1 atom stereocenters. The Morgan fingerprint density at radius 3 is 3.00 bits per heavy atom. The van der Waals surface area contributed by atoms with Gasteiger partial charge in [-0.1, -0.05) is 0 Å². The van der Waals surface area contributed by atoms with Crippen LogP contribution in [0.25, 0.3) is 0 Å². The van der Waals surface area contributed by atoms with E-state index in [0.29, 0.717) is 6.54 Å². The Bertz CT molecular complexity index is 316. The summed E-state index contributed by atoms with van der Waals surface area (Å²) in [6, 6.07) is -0.0219. The summed E-state index contributed by atoms with van der Waals surface area (Å²) in [6.45, 7) is 4.27. The first-order valence-electron chi connectivity index (χ1n) is 3.88. The van der Waals surface area contributed by atoms with Gasteiger partial charge in [0, 0.05) is 25.0 Å². The van der Waals surface area contributed by atoms with Crippen molar-refractivity contribution in [2.45, 2.75) is 26.4 Å². The van der Waals surface area contributed by atoms with Crippen LogP contribution in [0, 0.1) is 6.92 Å². The molecule has 0 fully saturated rings. The SMILES string of the molecule is Cc1cnc(=O)n(C[C@@H](C)N)c1. The predicted molar refractivity (Wildman–Crippen MR) is 46.9 cm³/mol. The van der Waals surface area contributed by atoms with Crippen molar-refractivity contribution in [1.82, 2.24) is 9.55 Å². The largest absolute Gasteiger partial charge is 0.347 e. The molecular formula is C8H13N3O. The Morgan fingerprint density at radius 1 is 1.75 bits per heavy atom. The fourth-order valence-electron chi connectivity index (χ4n) is 1.01. The van der Waals surface area contributed by atoms with Crippen molar-refractivity contribution in [3.05, 3.63) is 28.4 Å². The van der Waals surface area contributed by atoms with Gasteiger partial charge in [-0.25, -0.2) is 9.78 Å². The molecule has 0 amide bonds. The summed E-state index contributed by atoms with van der Waals surface area (Å²) in [5.74, 6) is 0. The third-order valence-corrected chi connectivity index (χ3v) is 1.47. The van der Waals surface area contributed by atoms with E-state index in [-0.39, 0.29) is 11.7 Å². The van der Waals surface area contributed by atoms with Gasteiger partial charge in [0.15, 0.2) is 0 Å². The van der Waals surface area contributed by atoms with E-state index in [2.05, 4.69) is 4.98 Å². The zero-order valence-electron chi connectivity index (χ0n) is 7.32. The second kappa shape index (κ2) is 3.49. The quantitative estimate of drug-likeness (QED) is 0.669. The minimum Gasteiger partial charge on any atom is -0.326 e. The van der Waals surface area contributed by atoms with E-state index in [4.69, 9.17) is 5.73 Å². The van der Waals surface area contributed by atoms with Gasteiger partial charge in [-0.3, -0.25) is 4.57 Å². The number of aromatic nitrogens is 2. The second-order valence-electron chi connectivity index (χ2n) is 3.04. The van der Waals surface area contributed by atoms with E-state index >= 15 is 0 Å². The molecule has 4 nitrogen and oxygen atoms in total. The van der Waals surface area contributed by atoms with Crippen LogP contribution in [0.15, 0.2) is 17.2 Å². The average Bonchev–Trinajstić information content (AvgIpc) is 1.96. The maximum Gasteiger partial charge on any atom is 0.347 e. The van der Waals surface area contributed by atoms with Crippen molar-refractivity contribution in [1.29, 1.82) is 0 Å². The Morgan fingerprint density at radius 2 is 2.42 bits per heavy atom. The van der Waals surface area contributed by atoms with E-state index in [9.17, 15) is 4.79 Å². The third-order valence-electron chi connectivity index (χ3n) is 1.47. The summed E-state index contributed by atoms with van der Waals surface area (Å²) >= 11 is 0. The van der Waals surface area contributed by atoms with E-state index in [0.717, 1.165) is 5.56 Å². The normalized spacial score (nSPS) is 12.9. The number of rotatable bonds is 2. The van der Waals surface area contributed by atoms with Crippen molar-refractivity contribution >= 4 is 0 Å². The summed E-state index contributed by atoms with van der Waals surface area (Å²) in [5.41, 5.74) is 6.29. The van der Waals surface area contributed by atoms with Crippen LogP contribution >= 0.6 is 0 Å². The first kappa shape index (κ1) is 8.93. The monoisotopic (exact) mass is 167 g/mol. The number of aryl methyl sites for hydroxylation is 1. The molecule has 0 aliphatic carbocycles. The molecule has 0 saturated carbocycles. The minimum absolute atomic E-state index is 0.0219. The molecule has 0 aromatic carbocycles. The van der Waals surface area contributed by atoms with Gasteiger partial charge >= 0.3 is 5.69 Å². The zero-order chi connectivity index (χ0) is 9.14. The number of hydrogen-bond donors (Lipinski definition) is 1. The Kier molecular flexibility index (Phi) is 2.60. The molecule has 66 valence electrons. The smallest absolute Gasteiger partial charge is 0.326 e. The number of hydrogen-bond acceptors (Lipinski definition) is 3. The molecule has 1 rings (SSSR count). The summed E-state index contributed by atoms with van der Waals surface area (Å²) in [6.07, 6.45) is 3.32. The fourth-order valence-corrected chi connectivity index (χ4v) is 1.01. The summed E-state index contributed by atoms with van der Waals surface area (Å²) in [4.78, 5) is 14.8. The molecule has 12 heavy (non-hydrogen) atoms. The lowest BCUT2D eigenvalue weighted by Gasteiger charge is -2.07. The van der Waals surface area contributed by atoms with Crippen LogP contribution in [0.4, 0.5) is 0 Å². The van der Waals surface area contributed by atoms with E-state index < -0.39 is 0 Å². The summed E-state index contributed by atoms with van der Waals surface area (Å²) < 4.78 is 1.53. The minimum atomic E-state index is -0.238. The topological polar surface area (TPSA) is 60.9 Å². The zero-order valence-corrected chi connectivity index (χ0v) is 7.32. The van der Waals surface area contributed by atoms with Crippen molar-refractivity contribution in [3.8, 4) is 0 Å². The van der Waals surface area contributed by atoms with Crippen LogP contribution in [-0.4, -0.2) is 15.6 Å². The van der Waals surface area contributed by atoms with Gasteiger partial charge in [-0.2, -0.15) is 0 Å². The van der Waals surface area contributed by atoms with Gasteiger partial charge in [0.25, 0.3) is 0 Å². The third kappa shape index (κ3) is 2.17. The standard InChI is InChI=1S/C8H13N3O/c1-6-3-10-8(12)11(4-6)5-7(2)9/h3-4,7H,5,9H2,1-2H3/t7-/m1/s1. The molecule has 0 aliphatic heterocycles. The fraction of sp³-hybridized carbons (Fsp3) is 0.500. The Hall–Kier alpha value is -1.16. The van der Waals surface area contributed by atoms with Crippen LogP contribution in [0.5, 0.6) is 0 Å². The Labute approximate surface area is 71.0 Å². The highest BCUT2D eigenvalue weighted by molar-refractivity contribution is 4.99. The number of nitrogens with zero attached hydrogens (tertiary/aromatic N) is 2. The van der Waals surface area contributed by atoms with Gasteiger partial charge < -0.3 is 5.73 Å². The highest BCUT2D eigenvalue weighted by Crippen LogP contribution is 1.90. The van der Waals surface area contributed by atoms with E-state index in [1.54, 1.807) is 12.4 Å². The van der Waals surface area contributed by atoms with Crippen molar-refractivity contribution in [3.63, 3.8) is 0 Å². The molecule has 4 heteroatoms. The van der Waals surface area contributed by atoms with Crippen LogP contribution in [0.1, 0.15) is 12.5 Å². The van der Waals surface area contributed by atoms with Crippen LogP contribution in [-0.2, 0) is 6.54 Å². The predicted octanol–water partition coefficient (Wildman–Crippen LogP) is -0.101. The van der Waals surface area contributed by atoms with E-state index in [1.165, 1.54) is 4.57 Å². The molecule has 0 aliphatic rings. The lowest BCUT2D eigenvalue weighted by Crippen LogP contribution is -2.30. The van der Waals surface area contributed by atoms with Crippen LogP contribution in [0.2, 0.25) is 0 Å². The maximum atomic E-state index is 11.1. The second-order valence-corrected chi connectivity index (χ2v) is 3.04. The van der Waals surface area contributed by atoms with Gasteiger partial charge in [0.05, 0.1) is 0 Å². The lowest BCUT2D eigenvalue weighted by molar-refractivity contribution is 0.561. The van der Waals surface area contributed by atoms with Crippen molar-refractivity contribution in [2.75, 3.05) is 0 Å². The molecule has 1 aromatic rings. The average molecular weight is 167 g/mol. The van der Waals surface area contributed by atoms with Gasteiger partial charge in [0.2, 0.25) is 0 Å². The molecule has 0 unspecified atom stereocenters. The van der Waals surface area contributed by atoms with Gasteiger partial charge in [0.1, 0.15) is 0 Å². The molecule has 1 heterocycles. The van der Waals surface area contributed by atoms with Crippen LogP contribution < -0.4 is 11.4 Å². The molecular weight excluding hydrogens is 154 g/mol. The summed E-state index contributed by atoms with van der Waals surface area (Å²) in [7, 11) is 0. The maximum absolute atomic E-state index is 11.1. The Balaban J connectivity index is 2.98. The first-order chi connectivity index (χ1) is 5.59. The molecule has 1 aromatic heterocycles. The van der Waals surface area contributed by atoms with Crippen molar-refractivity contribution in [2.24, 2.45) is 5.73 Å². The first-order valence-corrected chi connectivity index (χ1v) is 3.88. The highest BCUT2D eigenvalue weighted by Gasteiger charge is 1.99. The van der Waals surface area contributed by atoms with Gasteiger partial charge in [-0.15, -0.1) is 0 Å². The summed E-state index contributed by atoms with van der Waals surface area (Å²) in [5, 5.41) is 0. The molecule has 0 spiro atoms. The van der Waals surface area contributed by atoms with Crippen molar-refractivity contribution < 1.29 is 0 Å². The number of nitrogens with two attached hydrogens (primary N) is 1.